The highest BCUT2D eigenvalue weighted by Gasteiger charge is 2.41. The number of aliphatic hydroxyl groups is 1. The average Bonchev–Trinajstić information content (AvgIpc) is 3.15. The maximum atomic E-state index is 13.9. The number of rotatable bonds is 9. The third kappa shape index (κ3) is 5.55. The SMILES string of the molecule is CCO[C@H]1OC(C(=O)N(C)C2CCCCC2)=C[C@@H](c2c(C)n(C)n(-c3ccccc3)c2=O)[C@@H]1CCCO. The first-order valence-corrected chi connectivity index (χ1v) is 13.6. The van der Waals surface area contributed by atoms with E-state index in [9.17, 15) is 14.7 Å². The number of ether oxygens (including phenoxy) is 2. The predicted octanol–water partition coefficient (Wildman–Crippen LogP) is 4.02. The highest BCUT2D eigenvalue weighted by Crippen LogP contribution is 2.40. The van der Waals surface area contributed by atoms with E-state index in [4.69, 9.17) is 9.47 Å². The molecule has 3 atom stereocenters. The van der Waals surface area contributed by atoms with Crippen molar-refractivity contribution in [2.45, 2.75) is 77.0 Å². The van der Waals surface area contributed by atoms with Crippen LogP contribution in [0.15, 0.2) is 47.0 Å². The van der Waals surface area contributed by atoms with Crippen LogP contribution in [0.4, 0.5) is 0 Å². The minimum absolute atomic E-state index is 0.0318. The maximum absolute atomic E-state index is 13.9. The molecule has 2 heterocycles. The molecule has 0 unspecified atom stereocenters. The van der Waals surface area contributed by atoms with Crippen LogP contribution in [0.3, 0.4) is 0 Å². The van der Waals surface area contributed by atoms with Crippen LogP contribution in [0.25, 0.3) is 5.69 Å². The maximum Gasteiger partial charge on any atom is 0.288 e. The molecule has 2 aromatic rings. The number of carbonyl (C=O) groups is 1. The van der Waals surface area contributed by atoms with Gasteiger partial charge in [-0.05, 0) is 57.7 Å². The standard InChI is InChI=1S/C29H41N3O5/c1-5-36-29-23(17-12-18-33)24(19-25(37-29)27(34)30(3)21-13-8-6-9-14-21)26-20(2)31(4)32(28(26)35)22-15-10-7-11-16-22/h7,10-11,15-16,19,21,23-24,29,33H,5-6,8-9,12-14,17-18H2,1-4H3/t23-,24+,29-/m0/s1. The van der Waals surface area contributed by atoms with Gasteiger partial charge in [-0.25, -0.2) is 4.68 Å². The zero-order chi connectivity index (χ0) is 26.5. The van der Waals surface area contributed by atoms with Crippen molar-refractivity contribution in [3.8, 4) is 5.69 Å². The summed E-state index contributed by atoms with van der Waals surface area (Å²) in [5, 5.41) is 9.61. The van der Waals surface area contributed by atoms with Gasteiger partial charge in [-0.3, -0.25) is 14.3 Å². The smallest absolute Gasteiger partial charge is 0.288 e. The molecule has 1 N–H and O–H groups in total. The molecule has 8 heteroatoms. The summed E-state index contributed by atoms with van der Waals surface area (Å²) in [5.74, 6) is -0.536. The largest absolute Gasteiger partial charge is 0.459 e. The Bertz CT molecular complexity index is 1150. The summed E-state index contributed by atoms with van der Waals surface area (Å²) in [7, 11) is 3.73. The molecular weight excluding hydrogens is 470 g/mol. The van der Waals surface area contributed by atoms with Crippen molar-refractivity contribution >= 4 is 5.91 Å². The second-order valence-electron chi connectivity index (χ2n) is 10.2. The van der Waals surface area contributed by atoms with Crippen LogP contribution < -0.4 is 5.56 Å². The lowest BCUT2D eigenvalue weighted by atomic mass is 9.80. The fraction of sp³-hybridized carbons (Fsp3) is 0.586. The lowest BCUT2D eigenvalue weighted by molar-refractivity contribution is -0.170. The van der Waals surface area contributed by atoms with Crippen molar-refractivity contribution in [3.63, 3.8) is 0 Å². The molecule has 1 amide bonds. The molecule has 1 aromatic heterocycles. The molecular formula is C29H41N3O5. The van der Waals surface area contributed by atoms with Gasteiger partial charge in [-0.15, -0.1) is 0 Å². The minimum atomic E-state index is -0.686. The van der Waals surface area contributed by atoms with Gasteiger partial charge in [0.15, 0.2) is 5.76 Å². The summed E-state index contributed by atoms with van der Waals surface area (Å²) >= 11 is 0. The molecule has 1 aliphatic heterocycles. The van der Waals surface area contributed by atoms with Crippen LogP contribution in [0.1, 0.15) is 69.0 Å². The molecule has 202 valence electrons. The molecule has 8 nitrogen and oxygen atoms in total. The second kappa shape index (κ2) is 12.1. The fourth-order valence-electron chi connectivity index (χ4n) is 5.87. The lowest BCUT2D eigenvalue weighted by Crippen LogP contribution is -2.43. The quantitative estimate of drug-likeness (QED) is 0.550. The number of amides is 1. The third-order valence-corrected chi connectivity index (χ3v) is 8.00. The molecule has 0 radical (unpaired) electrons. The topological polar surface area (TPSA) is 85.9 Å². The Morgan fingerprint density at radius 2 is 1.89 bits per heavy atom. The summed E-state index contributed by atoms with van der Waals surface area (Å²) in [6.07, 6.45) is 7.73. The fourth-order valence-corrected chi connectivity index (χ4v) is 5.87. The first-order valence-electron chi connectivity index (χ1n) is 13.6. The van der Waals surface area contributed by atoms with Gasteiger partial charge in [0, 0.05) is 56.4 Å². The summed E-state index contributed by atoms with van der Waals surface area (Å²) in [5.41, 5.74) is 2.12. The molecule has 0 spiro atoms. The number of hydrogen-bond acceptors (Lipinski definition) is 5. The number of aliphatic hydroxyl groups excluding tert-OH is 1. The lowest BCUT2D eigenvalue weighted by Gasteiger charge is -2.38. The van der Waals surface area contributed by atoms with Gasteiger partial charge in [0.25, 0.3) is 11.5 Å². The molecule has 1 fully saturated rings. The second-order valence-corrected chi connectivity index (χ2v) is 10.2. The number of likely N-dealkylation sites (N-methyl/N-ethyl adjacent to an activating group) is 1. The Morgan fingerprint density at radius 1 is 1.19 bits per heavy atom. The summed E-state index contributed by atoms with van der Waals surface area (Å²) in [4.78, 5) is 29.4. The van der Waals surface area contributed by atoms with E-state index in [1.807, 2.05) is 69.0 Å². The van der Waals surface area contributed by atoms with Crippen molar-refractivity contribution in [1.82, 2.24) is 14.3 Å². The summed E-state index contributed by atoms with van der Waals surface area (Å²) < 4.78 is 15.8. The van der Waals surface area contributed by atoms with E-state index in [1.54, 1.807) is 9.58 Å². The van der Waals surface area contributed by atoms with E-state index in [0.29, 0.717) is 25.0 Å². The molecule has 2 aliphatic rings. The van der Waals surface area contributed by atoms with Crippen LogP contribution >= 0.6 is 0 Å². The highest BCUT2D eigenvalue weighted by atomic mass is 16.7. The number of carbonyl (C=O) groups excluding carboxylic acids is 1. The number of aromatic nitrogens is 2. The van der Waals surface area contributed by atoms with Crippen LogP contribution in [0, 0.1) is 12.8 Å². The van der Waals surface area contributed by atoms with Crippen molar-refractivity contribution in [3.05, 3.63) is 63.8 Å². The van der Waals surface area contributed by atoms with E-state index in [1.165, 1.54) is 6.42 Å². The van der Waals surface area contributed by atoms with E-state index in [-0.39, 0.29) is 41.7 Å². The zero-order valence-electron chi connectivity index (χ0n) is 22.6. The van der Waals surface area contributed by atoms with E-state index in [0.717, 1.165) is 37.1 Å². The number of para-hydroxylation sites is 1. The number of benzene rings is 1. The third-order valence-electron chi connectivity index (χ3n) is 8.00. The Balaban J connectivity index is 1.80. The summed E-state index contributed by atoms with van der Waals surface area (Å²) in [6, 6.07) is 9.74. The average molecular weight is 512 g/mol. The van der Waals surface area contributed by atoms with Crippen LogP contribution in [0.5, 0.6) is 0 Å². The number of allylic oxidation sites excluding steroid dienone is 1. The molecule has 1 aromatic carbocycles. The van der Waals surface area contributed by atoms with Gasteiger partial charge < -0.3 is 19.5 Å². The van der Waals surface area contributed by atoms with Gasteiger partial charge in [0.05, 0.1) is 5.69 Å². The Morgan fingerprint density at radius 3 is 2.54 bits per heavy atom. The number of hydrogen-bond donors (Lipinski definition) is 1. The normalized spacial score (nSPS) is 22.4. The Kier molecular flexibility index (Phi) is 8.92. The predicted molar refractivity (Wildman–Crippen MR) is 143 cm³/mol. The first kappa shape index (κ1) is 27.2. The minimum Gasteiger partial charge on any atom is -0.459 e. The molecule has 0 saturated heterocycles. The molecule has 4 rings (SSSR count). The van der Waals surface area contributed by atoms with E-state index >= 15 is 0 Å². The zero-order valence-corrected chi connectivity index (χ0v) is 22.6. The van der Waals surface area contributed by atoms with E-state index in [2.05, 4.69) is 0 Å². The van der Waals surface area contributed by atoms with Gasteiger partial charge in [0.2, 0.25) is 6.29 Å². The Hall–Kier alpha value is -2.84. The monoisotopic (exact) mass is 511 g/mol. The van der Waals surface area contributed by atoms with Crippen molar-refractivity contribution in [2.75, 3.05) is 20.3 Å². The van der Waals surface area contributed by atoms with Gasteiger partial charge in [-0.1, -0.05) is 37.5 Å². The number of nitrogens with zero attached hydrogens (tertiary/aromatic N) is 3. The highest BCUT2D eigenvalue weighted by molar-refractivity contribution is 5.92. The van der Waals surface area contributed by atoms with Gasteiger partial charge >= 0.3 is 0 Å². The van der Waals surface area contributed by atoms with E-state index < -0.39 is 6.29 Å². The van der Waals surface area contributed by atoms with Crippen LogP contribution in [-0.4, -0.2) is 57.9 Å². The molecule has 0 bridgehead atoms. The summed E-state index contributed by atoms with van der Waals surface area (Å²) in [6.45, 7) is 4.28. The van der Waals surface area contributed by atoms with Crippen LogP contribution in [0.2, 0.25) is 0 Å². The van der Waals surface area contributed by atoms with Gasteiger partial charge in [-0.2, -0.15) is 0 Å². The van der Waals surface area contributed by atoms with Crippen molar-refractivity contribution in [2.24, 2.45) is 13.0 Å². The van der Waals surface area contributed by atoms with Crippen molar-refractivity contribution < 1.29 is 19.4 Å². The molecule has 37 heavy (non-hydrogen) atoms. The van der Waals surface area contributed by atoms with Crippen molar-refractivity contribution in [1.29, 1.82) is 0 Å². The Labute approximate surface area is 219 Å². The van der Waals surface area contributed by atoms with Crippen LogP contribution in [-0.2, 0) is 21.3 Å². The molecule has 1 aliphatic carbocycles. The first-order chi connectivity index (χ1) is 17.9. The molecule has 1 saturated carbocycles. The van der Waals surface area contributed by atoms with Gasteiger partial charge in [0.1, 0.15) is 0 Å².